The van der Waals surface area contributed by atoms with Crippen molar-refractivity contribution in [2.45, 2.75) is 371 Å². The Morgan fingerprint density at radius 1 is 0.447 bits per heavy atom. The van der Waals surface area contributed by atoms with Crippen molar-refractivity contribution in [1.82, 2.24) is 5.32 Å². The van der Waals surface area contributed by atoms with Crippen LogP contribution in [0.15, 0.2) is 36.5 Å². The number of ether oxygens (including phenoxy) is 2. The number of carbonyl (C=O) groups is 1. The van der Waals surface area contributed by atoms with Gasteiger partial charge in [0.1, 0.15) is 24.4 Å². The first-order valence-electron chi connectivity index (χ1n) is 33.2. The highest BCUT2D eigenvalue weighted by molar-refractivity contribution is 5.76. The Balaban J connectivity index is 2.16. The zero-order valence-electron chi connectivity index (χ0n) is 50.0. The molecule has 0 aromatic heterocycles. The average molecular weight is 1070 g/mol. The highest BCUT2D eigenvalue weighted by Crippen LogP contribution is 2.23. The van der Waals surface area contributed by atoms with Crippen molar-refractivity contribution in [2.75, 3.05) is 13.2 Å². The van der Waals surface area contributed by atoms with E-state index in [-0.39, 0.29) is 12.5 Å². The molecule has 1 aliphatic rings. The molecule has 1 rings (SSSR count). The number of allylic oxidation sites excluding steroid dienone is 5. The standard InChI is InChI=1S/C67H127NO8/c1-3-5-7-9-11-13-15-17-19-21-23-25-27-29-30-31-33-34-36-38-40-42-44-46-48-50-52-54-56-61(70)60(59-75-67-66(74)65(73)64(72)62(58-69)76-67)68-63(71)57-55-53-51-49-47-45-43-41-39-37-35-32-28-26-24-22-20-18-16-14-12-10-8-6-4-2/h16,18,22,24,54,56,60-62,64-67,69-70,72-74H,3-15,17,19-21,23,25-53,55,57-59H2,1-2H3,(H,68,71)/b18-16-,24-22-,56-54+. The first-order chi connectivity index (χ1) is 37.3. The minimum absolute atomic E-state index is 0.173. The van der Waals surface area contributed by atoms with Gasteiger partial charge in [0.15, 0.2) is 6.29 Å². The van der Waals surface area contributed by atoms with Crippen molar-refractivity contribution in [1.29, 1.82) is 0 Å². The summed E-state index contributed by atoms with van der Waals surface area (Å²) in [6, 6.07) is -0.806. The zero-order chi connectivity index (χ0) is 55.0. The summed E-state index contributed by atoms with van der Waals surface area (Å²) in [4.78, 5) is 13.1. The lowest BCUT2D eigenvalue weighted by Gasteiger charge is -2.40. The Labute approximate surface area is 470 Å². The molecule has 448 valence electrons. The summed E-state index contributed by atoms with van der Waals surface area (Å²) in [5.41, 5.74) is 0. The van der Waals surface area contributed by atoms with Crippen LogP contribution in [0, 0.1) is 0 Å². The molecule has 6 N–H and O–H groups in total. The fourth-order valence-corrected chi connectivity index (χ4v) is 10.7. The van der Waals surface area contributed by atoms with E-state index in [2.05, 4.69) is 43.5 Å². The first kappa shape index (κ1) is 72.4. The number of amides is 1. The van der Waals surface area contributed by atoms with Gasteiger partial charge >= 0.3 is 0 Å². The van der Waals surface area contributed by atoms with E-state index in [1.54, 1.807) is 6.08 Å². The van der Waals surface area contributed by atoms with Crippen LogP contribution in [-0.2, 0) is 14.3 Å². The second-order valence-electron chi connectivity index (χ2n) is 23.3. The zero-order valence-corrected chi connectivity index (χ0v) is 50.0. The number of aliphatic hydroxyl groups is 5. The monoisotopic (exact) mass is 1070 g/mol. The van der Waals surface area contributed by atoms with Crippen LogP contribution in [0.3, 0.4) is 0 Å². The average Bonchev–Trinajstić information content (AvgIpc) is 3.42. The molecule has 0 aromatic carbocycles. The second kappa shape index (κ2) is 56.7. The minimum atomic E-state index is -1.57. The van der Waals surface area contributed by atoms with E-state index in [0.29, 0.717) is 6.42 Å². The van der Waals surface area contributed by atoms with Gasteiger partial charge in [-0.1, -0.05) is 307 Å². The van der Waals surface area contributed by atoms with Gasteiger partial charge in [-0.25, -0.2) is 0 Å². The van der Waals surface area contributed by atoms with E-state index >= 15 is 0 Å². The van der Waals surface area contributed by atoms with Gasteiger partial charge in [-0.2, -0.15) is 0 Å². The molecule has 76 heavy (non-hydrogen) atoms. The molecule has 0 aliphatic carbocycles. The quantitative estimate of drug-likeness (QED) is 0.0261. The summed E-state index contributed by atoms with van der Waals surface area (Å²) in [6.07, 6.45) is 68.0. The molecule has 9 nitrogen and oxygen atoms in total. The van der Waals surface area contributed by atoms with E-state index in [1.807, 2.05) is 6.08 Å². The topological polar surface area (TPSA) is 149 Å². The number of aliphatic hydroxyl groups excluding tert-OH is 5. The fraction of sp³-hybridized carbons (Fsp3) is 0.896. The number of hydrogen-bond donors (Lipinski definition) is 6. The summed E-state index contributed by atoms with van der Waals surface area (Å²) in [6.45, 7) is 3.81. The Bertz CT molecular complexity index is 1290. The van der Waals surface area contributed by atoms with Gasteiger partial charge in [0, 0.05) is 6.42 Å². The maximum Gasteiger partial charge on any atom is 0.220 e. The molecule has 0 spiro atoms. The minimum Gasteiger partial charge on any atom is -0.394 e. The molecule has 1 aliphatic heterocycles. The van der Waals surface area contributed by atoms with Crippen LogP contribution >= 0.6 is 0 Å². The molecule has 0 bridgehead atoms. The summed E-state index contributed by atoms with van der Waals surface area (Å²) in [5, 5.41) is 54.7. The number of hydrogen-bond acceptors (Lipinski definition) is 8. The van der Waals surface area contributed by atoms with Crippen LogP contribution in [0.4, 0.5) is 0 Å². The number of unbranched alkanes of at least 4 members (excludes halogenated alkanes) is 44. The fourth-order valence-electron chi connectivity index (χ4n) is 10.7. The number of rotatable bonds is 58. The number of nitrogens with one attached hydrogen (secondary N) is 1. The smallest absolute Gasteiger partial charge is 0.220 e. The second-order valence-corrected chi connectivity index (χ2v) is 23.3. The van der Waals surface area contributed by atoms with Crippen LogP contribution in [0.1, 0.15) is 328 Å². The van der Waals surface area contributed by atoms with E-state index in [4.69, 9.17) is 9.47 Å². The lowest BCUT2D eigenvalue weighted by atomic mass is 9.99. The lowest BCUT2D eigenvalue weighted by molar-refractivity contribution is -0.302. The predicted octanol–water partition coefficient (Wildman–Crippen LogP) is 17.5. The van der Waals surface area contributed by atoms with Crippen molar-refractivity contribution in [3.63, 3.8) is 0 Å². The molecule has 1 amide bonds. The van der Waals surface area contributed by atoms with Gasteiger partial charge in [0.25, 0.3) is 0 Å². The van der Waals surface area contributed by atoms with Crippen molar-refractivity contribution in [3.05, 3.63) is 36.5 Å². The maximum absolute atomic E-state index is 13.1. The SMILES string of the molecule is CCCCCCC/C=C\C/C=C\CCCCCCCCCCCCCCCC(=O)NC(COC1OC(CO)C(O)C(O)C1O)C(O)/C=C/CCCCCCCCCCCCCCCCCCCCCCCCCCCC. The largest absolute Gasteiger partial charge is 0.394 e. The van der Waals surface area contributed by atoms with Gasteiger partial charge in [0.2, 0.25) is 5.91 Å². The normalized spacial score (nSPS) is 19.0. The highest BCUT2D eigenvalue weighted by atomic mass is 16.7. The van der Waals surface area contributed by atoms with Crippen LogP contribution in [0.2, 0.25) is 0 Å². The van der Waals surface area contributed by atoms with E-state index in [9.17, 15) is 30.3 Å². The highest BCUT2D eigenvalue weighted by Gasteiger charge is 2.44. The molecule has 7 atom stereocenters. The first-order valence-corrected chi connectivity index (χ1v) is 33.2. The molecular formula is C67H127NO8. The Morgan fingerprint density at radius 2 is 0.776 bits per heavy atom. The molecule has 1 heterocycles. The molecule has 1 fully saturated rings. The van der Waals surface area contributed by atoms with Gasteiger partial charge < -0.3 is 40.3 Å². The van der Waals surface area contributed by atoms with Gasteiger partial charge in [0.05, 0.1) is 25.4 Å². The van der Waals surface area contributed by atoms with Crippen molar-refractivity contribution in [2.24, 2.45) is 0 Å². The molecular weight excluding hydrogens is 947 g/mol. The third-order valence-electron chi connectivity index (χ3n) is 16.0. The van der Waals surface area contributed by atoms with E-state index < -0.39 is 49.5 Å². The molecule has 0 saturated carbocycles. The molecule has 1 saturated heterocycles. The van der Waals surface area contributed by atoms with E-state index in [1.165, 1.54) is 263 Å². The van der Waals surface area contributed by atoms with Crippen LogP contribution in [0.5, 0.6) is 0 Å². The lowest BCUT2D eigenvalue weighted by Crippen LogP contribution is -2.60. The molecule has 0 aromatic rings. The predicted molar refractivity (Wildman–Crippen MR) is 323 cm³/mol. The maximum atomic E-state index is 13.1. The Hall–Kier alpha value is -1.59. The van der Waals surface area contributed by atoms with Crippen LogP contribution in [0.25, 0.3) is 0 Å². The summed E-state index contributed by atoms with van der Waals surface area (Å²) < 4.78 is 11.3. The van der Waals surface area contributed by atoms with Crippen molar-refractivity contribution < 1.29 is 39.8 Å². The molecule has 9 heteroatoms. The van der Waals surface area contributed by atoms with Crippen molar-refractivity contribution in [3.8, 4) is 0 Å². The van der Waals surface area contributed by atoms with Crippen LogP contribution < -0.4 is 5.32 Å². The summed E-state index contributed by atoms with van der Waals surface area (Å²) in [5.74, 6) is -0.173. The number of carbonyl (C=O) groups excluding carboxylic acids is 1. The van der Waals surface area contributed by atoms with Crippen LogP contribution in [-0.4, -0.2) is 87.5 Å². The van der Waals surface area contributed by atoms with Crippen molar-refractivity contribution >= 4 is 5.91 Å². The Kier molecular flexibility index (Phi) is 54.0. The van der Waals surface area contributed by atoms with Gasteiger partial charge in [-0.05, 0) is 51.4 Å². The van der Waals surface area contributed by atoms with E-state index in [0.717, 1.165) is 44.9 Å². The molecule has 0 radical (unpaired) electrons. The molecule has 7 unspecified atom stereocenters. The third-order valence-corrected chi connectivity index (χ3v) is 16.0. The third kappa shape index (κ3) is 45.2. The van der Waals surface area contributed by atoms with Gasteiger partial charge in [-0.3, -0.25) is 4.79 Å². The van der Waals surface area contributed by atoms with Gasteiger partial charge in [-0.15, -0.1) is 0 Å². The Morgan fingerprint density at radius 3 is 1.13 bits per heavy atom. The summed E-state index contributed by atoms with van der Waals surface area (Å²) >= 11 is 0. The summed E-state index contributed by atoms with van der Waals surface area (Å²) in [7, 11) is 0.